The third-order valence-electron chi connectivity index (χ3n) is 5.59. The Bertz CT molecular complexity index is 1540. The van der Waals surface area contributed by atoms with E-state index in [2.05, 4.69) is 9.97 Å². The number of esters is 1. The van der Waals surface area contributed by atoms with Gasteiger partial charge in [0.05, 0.1) is 16.8 Å². The summed E-state index contributed by atoms with van der Waals surface area (Å²) in [7, 11) is 0. The third-order valence-corrected chi connectivity index (χ3v) is 5.92. The van der Waals surface area contributed by atoms with Crippen LogP contribution in [0.4, 0.5) is 0 Å². The minimum absolute atomic E-state index is 0.261. The average Bonchev–Trinajstić information content (AvgIpc) is 3.17. The summed E-state index contributed by atoms with van der Waals surface area (Å²) in [5.74, 6) is -0.851. The number of pyridine rings is 1. The molecule has 0 fully saturated rings. The van der Waals surface area contributed by atoms with Gasteiger partial charge in [-0.25, -0.2) is 9.78 Å². The van der Waals surface area contributed by atoms with Crippen molar-refractivity contribution in [1.29, 1.82) is 0 Å². The molecule has 0 unspecified atom stereocenters. The number of para-hydroxylation sites is 2. The molecule has 0 saturated carbocycles. The van der Waals surface area contributed by atoms with Gasteiger partial charge in [-0.2, -0.15) is 0 Å². The first kappa shape index (κ1) is 20.9. The summed E-state index contributed by atoms with van der Waals surface area (Å²) in [5, 5.41) is 1.99. The van der Waals surface area contributed by atoms with Crippen LogP contribution in [0.5, 0.6) is 0 Å². The smallest absolute Gasteiger partial charge is 0.339 e. The first-order chi connectivity index (χ1) is 16.0. The van der Waals surface area contributed by atoms with Crippen LogP contribution in [0.3, 0.4) is 0 Å². The van der Waals surface area contributed by atoms with Gasteiger partial charge in [0.25, 0.3) is 0 Å². The molecule has 1 N–H and O–H groups in total. The van der Waals surface area contributed by atoms with Crippen LogP contribution in [0.1, 0.15) is 26.4 Å². The van der Waals surface area contributed by atoms with Crippen LogP contribution in [0.15, 0.2) is 78.9 Å². The maximum atomic E-state index is 13.1. The number of nitrogens with one attached hydrogen (secondary N) is 1. The van der Waals surface area contributed by atoms with Gasteiger partial charge < -0.3 is 9.72 Å². The fourth-order valence-electron chi connectivity index (χ4n) is 4.07. The lowest BCUT2D eigenvalue weighted by atomic mass is 10.0. The number of benzene rings is 3. The standard InChI is InChI=1S/C27H19ClN2O3/c1-16-26(19-10-4-7-13-23(19)29-16)25(31)15-33-27(32)20-14-24(18-9-2-5-11-21(18)28)30-22-12-6-3-8-17(20)22/h2-14,29H,15H2,1H3. The van der Waals surface area contributed by atoms with Gasteiger partial charge in [0.15, 0.2) is 6.61 Å². The first-order valence-electron chi connectivity index (χ1n) is 10.5. The van der Waals surface area contributed by atoms with Crippen molar-refractivity contribution in [3.05, 3.63) is 101 Å². The van der Waals surface area contributed by atoms with E-state index in [9.17, 15) is 9.59 Å². The van der Waals surface area contributed by atoms with Crippen LogP contribution in [0.2, 0.25) is 5.02 Å². The van der Waals surface area contributed by atoms with Crippen molar-refractivity contribution >= 4 is 45.2 Å². The summed E-state index contributed by atoms with van der Waals surface area (Å²) in [5.41, 5.74) is 4.39. The SMILES string of the molecule is Cc1[nH]c2ccccc2c1C(=O)COC(=O)c1cc(-c2ccccc2Cl)nc2ccccc12. The number of aryl methyl sites for hydroxylation is 1. The van der Waals surface area contributed by atoms with Gasteiger partial charge in [0.1, 0.15) is 0 Å². The zero-order valence-corrected chi connectivity index (χ0v) is 18.5. The predicted molar refractivity (Wildman–Crippen MR) is 130 cm³/mol. The molecule has 2 heterocycles. The molecule has 0 spiro atoms. The molecule has 0 atom stereocenters. The average molecular weight is 455 g/mol. The Morgan fingerprint density at radius 1 is 0.939 bits per heavy atom. The predicted octanol–water partition coefficient (Wildman–Crippen LogP) is 6.38. The van der Waals surface area contributed by atoms with Crippen LogP contribution in [0, 0.1) is 6.92 Å². The molecule has 0 aliphatic rings. The highest BCUT2D eigenvalue weighted by atomic mass is 35.5. The molecule has 2 aromatic heterocycles. The van der Waals surface area contributed by atoms with E-state index in [1.54, 1.807) is 18.2 Å². The van der Waals surface area contributed by atoms with Gasteiger partial charge in [0.2, 0.25) is 5.78 Å². The van der Waals surface area contributed by atoms with E-state index < -0.39 is 5.97 Å². The van der Waals surface area contributed by atoms with Gasteiger partial charge in [-0.1, -0.05) is 66.2 Å². The van der Waals surface area contributed by atoms with Crippen molar-refractivity contribution in [2.24, 2.45) is 0 Å². The van der Waals surface area contributed by atoms with Crippen LogP contribution in [0.25, 0.3) is 33.1 Å². The highest BCUT2D eigenvalue weighted by molar-refractivity contribution is 6.33. The van der Waals surface area contributed by atoms with Gasteiger partial charge in [-0.05, 0) is 31.2 Å². The Kier molecular flexibility index (Phi) is 5.40. The zero-order valence-electron chi connectivity index (χ0n) is 17.8. The van der Waals surface area contributed by atoms with Crippen LogP contribution in [-0.2, 0) is 4.74 Å². The van der Waals surface area contributed by atoms with E-state index in [4.69, 9.17) is 16.3 Å². The number of nitrogens with zero attached hydrogens (tertiary/aromatic N) is 1. The van der Waals surface area contributed by atoms with Crippen LogP contribution >= 0.6 is 11.6 Å². The Morgan fingerprint density at radius 3 is 2.45 bits per heavy atom. The fourth-order valence-corrected chi connectivity index (χ4v) is 4.30. The molecule has 162 valence electrons. The number of hydrogen-bond acceptors (Lipinski definition) is 4. The van der Waals surface area contributed by atoms with Crippen molar-refractivity contribution in [2.75, 3.05) is 6.61 Å². The summed E-state index contributed by atoms with van der Waals surface area (Å²) < 4.78 is 5.48. The Labute approximate surface area is 195 Å². The largest absolute Gasteiger partial charge is 0.454 e. The number of carbonyl (C=O) groups excluding carboxylic acids is 2. The number of halogens is 1. The summed E-state index contributed by atoms with van der Waals surface area (Å²) in [6.45, 7) is 1.47. The molecule has 0 saturated heterocycles. The van der Waals surface area contributed by atoms with Crippen molar-refractivity contribution < 1.29 is 14.3 Å². The third kappa shape index (κ3) is 3.88. The number of hydrogen-bond donors (Lipinski definition) is 1. The van der Waals surface area contributed by atoms with Gasteiger partial charge in [-0.3, -0.25) is 4.79 Å². The normalized spacial score (nSPS) is 11.1. The Hall–Kier alpha value is -3.96. The zero-order chi connectivity index (χ0) is 22.9. The molecule has 0 bridgehead atoms. The fraction of sp³-hybridized carbons (Fsp3) is 0.0741. The van der Waals surface area contributed by atoms with Crippen LogP contribution < -0.4 is 0 Å². The topological polar surface area (TPSA) is 72.1 Å². The lowest BCUT2D eigenvalue weighted by molar-refractivity contribution is 0.0477. The number of rotatable bonds is 5. The van der Waals surface area contributed by atoms with E-state index in [0.29, 0.717) is 38.3 Å². The van der Waals surface area contributed by atoms with Crippen molar-refractivity contribution in [3.63, 3.8) is 0 Å². The lowest BCUT2D eigenvalue weighted by Gasteiger charge is -2.11. The number of ether oxygens (including phenoxy) is 1. The molecule has 0 amide bonds. The molecule has 5 nitrogen and oxygen atoms in total. The summed E-state index contributed by atoms with van der Waals surface area (Å²) >= 11 is 6.36. The molecule has 0 aliphatic heterocycles. The maximum absolute atomic E-state index is 13.1. The number of aromatic nitrogens is 2. The van der Waals surface area contributed by atoms with Crippen molar-refractivity contribution in [3.8, 4) is 11.3 Å². The quantitative estimate of drug-likeness (QED) is 0.247. The maximum Gasteiger partial charge on any atom is 0.339 e. The second-order valence-electron chi connectivity index (χ2n) is 7.72. The monoisotopic (exact) mass is 454 g/mol. The number of Topliss-reactive ketones (excluding diaryl/α,β-unsaturated/α-hetero) is 1. The Balaban J connectivity index is 1.47. The number of ketones is 1. The van der Waals surface area contributed by atoms with E-state index in [1.807, 2.05) is 67.6 Å². The van der Waals surface area contributed by atoms with E-state index >= 15 is 0 Å². The molecule has 3 aromatic carbocycles. The van der Waals surface area contributed by atoms with Crippen molar-refractivity contribution in [2.45, 2.75) is 6.92 Å². The van der Waals surface area contributed by atoms with Crippen LogP contribution in [-0.4, -0.2) is 28.3 Å². The minimum Gasteiger partial charge on any atom is -0.454 e. The van der Waals surface area contributed by atoms with E-state index in [1.165, 1.54) is 0 Å². The summed E-state index contributed by atoms with van der Waals surface area (Å²) in [4.78, 5) is 33.9. The molecule has 5 rings (SSSR count). The van der Waals surface area contributed by atoms with E-state index in [-0.39, 0.29) is 12.4 Å². The minimum atomic E-state index is -0.590. The van der Waals surface area contributed by atoms with E-state index in [0.717, 1.165) is 16.6 Å². The second-order valence-corrected chi connectivity index (χ2v) is 8.13. The van der Waals surface area contributed by atoms with Gasteiger partial charge in [0, 0.05) is 38.1 Å². The second kappa shape index (κ2) is 8.52. The van der Waals surface area contributed by atoms with Crippen molar-refractivity contribution in [1.82, 2.24) is 9.97 Å². The molecule has 6 heteroatoms. The number of fused-ring (bicyclic) bond motifs is 2. The number of H-pyrrole nitrogens is 1. The highest BCUT2D eigenvalue weighted by Crippen LogP contribution is 2.30. The molecule has 0 aliphatic carbocycles. The molecule has 0 radical (unpaired) electrons. The molecule has 5 aromatic rings. The molecule has 33 heavy (non-hydrogen) atoms. The summed E-state index contributed by atoms with van der Waals surface area (Å²) in [6.07, 6.45) is 0. The highest BCUT2D eigenvalue weighted by Gasteiger charge is 2.20. The first-order valence-corrected chi connectivity index (χ1v) is 10.8. The molecular formula is C27H19ClN2O3. The van der Waals surface area contributed by atoms with Gasteiger partial charge >= 0.3 is 5.97 Å². The molecular weight excluding hydrogens is 436 g/mol. The number of carbonyl (C=O) groups is 2. The summed E-state index contributed by atoms with van der Waals surface area (Å²) in [6, 6.07) is 23.8. The van der Waals surface area contributed by atoms with Gasteiger partial charge in [-0.15, -0.1) is 0 Å². The Morgan fingerprint density at radius 2 is 1.64 bits per heavy atom. The number of aromatic amines is 1. The lowest BCUT2D eigenvalue weighted by Crippen LogP contribution is -2.15.